The van der Waals surface area contributed by atoms with E-state index < -0.39 is 11.2 Å². The van der Waals surface area contributed by atoms with Gasteiger partial charge in [-0.15, -0.1) is 0 Å². The quantitative estimate of drug-likeness (QED) is 0.809. The predicted molar refractivity (Wildman–Crippen MR) is 102 cm³/mol. The van der Waals surface area contributed by atoms with Crippen molar-refractivity contribution in [2.24, 2.45) is 0 Å². The van der Waals surface area contributed by atoms with Crippen LogP contribution in [0.1, 0.15) is 41.5 Å². The van der Waals surface area contributed by atoms with Crippen molar-refractivity contribution in [3.05, 3.63) is 24.3 Å². The molecule has 0 aromatic heterocycles. The van der Waals surface area contributed by atoms with E-state index in [-0.39, 0.29) is 0 Å². The van der Waals surface area contributed by atoms with Crippen LogP contribution in [0, 0.1) is 0 Å². The highest BCUT2D eigenvalue weighted by atomic mass is 16.5. The maximum absolute atomic E-state index is 10.1. The van der Waals surface area contributed by atoms with Crippen LogP contribution in [-0.4, -0.2) is 60.9 Å². The maximum atomic E-state index is 10.1. The molecule has 0 spiro atoms. The molecule has 24 heavy (non-hydrogen) atoms. The normalized spacial score (nSPS) is 17.4. The number of hydrogen-bond donors (Lipinski definition) is 1. The number of hydrogen-bond acceptors (Lipinski definition) is 4. The van der Waals surface area contributed by atoms with Crippen LogP contribution in [0.2, 0.25) is 0 Å². The zero-order chi connectivity index (χ0) is 18.0. The Bertz CT molecular complexity index is 515. The van der Waals surface area contributed by atoms with Crippen molar-refractivity contribution in [2.75, 3.05) is 31.1 Å². The predicted octanol–water partition coefficient (Wildman–Crippen LogP) is 2.03. The number of piperazine rings is 1. The summed E-state index contributed by atoms with van der Waals surface area (Å²) in [5, 5.41) is 10.1. The molecule has 1 aromatic carbocycles. The van der Waals surface area contributed by atoms with Crippen molar-refractivity contribution in [3.8, 4) is 0 Å². The molecule has 1 aliphatic heterocycles. The van der Waals surface area contributed by atoms with Crippen LogP contribution in [-0.2, 0) is 4.65 Å². The number of nitrogens with zero attached hydrogens (tertiary/aromatic N) is 2. The fourth-order valence-corrected chi connectivity index (χ4v) is 2.62. The first-order chi connectivity index (χ1) is 11.1. The standard InChI is InChI=1S/C19H32BN2O2/c1-15(2)21-11-13-22(14-12-21)17-9-7-16(8-10-17)20-24-19(5,6)18(3,4)23/h7-10,15,23H,11-14H2,1-6H3. The summed E-state index contributed by atoms with van der Waals surface area (Å²) in [6, 6.07) is 9.07. The van der Waals surface area contributed by atoms with Crippen molar-refractivity contribution in [1.82, 2.24) is 4.90 Å². The van der Waals surface area contributed by atoms with Crippen molar-refractivity contribution in [1.29, 1.82) is 0 Å². The third kappa shape index (κ3) is 4.75. The largest absolute Gasteiger partial charge is 0.427 e. The second-order valence-electron chi connectivity index (χ2n) is 8.01. The summed E-state index contributed by atoms with van der Waals surface area (Å²) in [5.74, 6) is 0. The molecule has 1 saturated heterocycles. The Morgan fingerprint density at radius 1 is 1.00 bits per heavy atom. The molecule has 5 heteroatoms. The topological polar surface area (TPSA) is 35.9 Å². The lowest BCUT2D eigenvalue weighted by atomic mass is 9.82. The van der Waals surface area contributed by atoms with Crippen molar-refractivity contribution >= 4 is 18.6 Å². The molecule has 0 saturated carbocycles. The lowest BCUT2D eigenvalue weighted by molar-refractivity contribution is -0.0893. The number of anilines is 1. The van der Waals surface area contributed by atoms with Gasteiger partial charge in [-0.05, 0) is 53.7 Å². The van der Waals surface area contributed by atoms with Crippen LogP contribution in [0.4, 0.5) is 5.69 Å². The maximum Gasteiger partial charge on any atom is 0.330 e. The molecule has 1 radical (unpaired) electrons. The second-order valence-corrected chi connectivity index (χ2v) is 8.01. The Morgan fingerprint density at radius 3 is 2.00 bits per heavy atom. The first-order valence-electron chi connectivity index (χ1n) is 8.92. The van der Waals surface area contributed by atoms with Crippen molar-refractivity contribution in [2.45, 2.75) is 58.8 Å². The highest BCUT2D eigenvalue weighted by Crippen LogP contribution is 2.24. The highest BCUT2D eigenvalue weighted by Gasteiger charge is 2.35. The van der Waals surface area contributed by atoms with Gasteiger partial charge >= 0.3 is 7.48 Å². The molecule has 1 fully saturated rings. The zero-order valence-corrected chi connectivity index (χ0v) is 16.0. The summed E-state index contributed by atoms with van der Waals surface area (Å²) < 4.78 is 5.81. The van der Waals surface area contributed by atoms with E-state index in [2.05, 4.69) is 47.9 Å². The molecular formula is C19H32BN2O2. The van der Waals surface area contributed by atoms with Gasteiger partial charge in [-0.2, -0.15) is 0 Å². The third-order valence-corrected chi connectivity index (χ3v) is 5.27. The van der Waals surface area contributed by atoms with Gasteiger partial charge < -0.3 is 14.7 Å². The van der Waals surface area contributed by atoms with E-state index in [1.165, 1.54) is 5.69 Å². The average molecular weight is 331 g/mol. The summed E-state index contributed by atoms with van der Waals surface area (Å²) in [6.07, 6.45) is 0. The Labute approximate surface area is 148 Å². The molecule has 2 rings (SSSR count). The van der Waals surface area contributed by atoms with E-state index in [0.29, 0.717) is 6.04 Å². The SMILES string of the molecule is CC(C)N1CCN(c2ccc([B]OC(C)(C)C(C)(C)O)cc2)CC1. The van der Waals surface area contributed by atoms with Crippen LogP contribution < -0.4 is 10.4 Å². The van der Waals surface area contributed by atoms with Crippen molar-refractivity contribution < 1.29 is 9.76 Å². The van der Waals surface area contributed by atoms with E-state index in [1.807, 2.05) is 13.8 Å². The summed E-state index contributed by atoms with van der Waals surface area (Å²) >= 11 is 0. The minimum Gasteiger partial charge on any atom is -0.427 e. The fraction of sp³-hybridized carbons (Fsp3) is 0.684. The van der Waals surface area contributed by atoms with E-state index >= 15 is 0 Å². The third-order valence-electron chi connectivity index (χ3n) is 5.27. The zero-order valence-electron chi connectivity index (χ0n) is 16.0. The molecule has 0 amide bonds. The van der Waals surface area contributed by atoms with Crippen LogP contribution in [0.3, 0.4) is 0 Å². The van der Waals surface area contributed by atoms with E-state index in [0.717, 1.165) is 31.6 Å². The van der Waals surface area contributed by atoms with Gasteiger partial charge in [-0.25, -0.2) is 0 Å². The molecule has 0 unspecified atom stereocenters. The summed E-state index contributed by atoms with van der Waals surface area (Å²) in [7, 11) is 1.73. The van der Waals surface area contributed by atoms with E-state index in [4.69, 9.17) is 4.65 Å². The lowest BCUT2D eigenvalue weighted by Crippen LogP contribution is -2.49. The molecule has 1 heterocycles. The van der Waals surface area contributed by atoms with E-state index in [9.17, 15) is 5.11 Å². The molecule has 0 atom stereocenters. The fourth-order valence-electron chi connectivity index (χ4n) is 2.62. The molecule has 133 valence electrons. The van der Waals surface area contributed by atoms with E-state index in [1.54, 1.807) is 21.3 Å². The molecule has 4 nitrogen and oxygen atoms in total. The first-order valence-corrected chi connectivity index (χ1v) is 8.92. The van der Waals surface area contributed by atoms with Gasteiger partial charge in [-0.1, -0.05) is 17.6 Å². The van der Waals surface area contributed by atoms with Crippen LogP contribution >= 0.6 is 0 Å². The Balaban J connectivity index is 1.90. The molecule has 0 bridgehead atoms. The van der Waals surface area contributed by atoms with Gasteiger partial charge in [0.1, 0.15) is 0 Å². The highest BCUT2D eigenvalue weighted by molar-refractivity contribution is 6.47. The Morgan fingerprint density at radius 2 is 1.54 bits per heavy atom. The van der Waals surface area contributed by atoms with Crippen LogP contribution in [0.15, 0.2) is 24.3 Å². The molecule has 1 aliphatic rings. The van der Waals surface area contributed by atoms with Gasteiger partial charge in [0.25, 0.3) is 0 Å². The number of rotatable bonds is 6. The molecule has 1 N–H and O–H groups in total. The first kappa shape index (κ1) is 19.3. The average Bonchev–Trinajstić information content (AvgIpc) is 2.52. The summed E-state index contributed by atoms with van der Waals surface area (Å²) in [4.78, 5) is 4.95. The van der Waals surface area contributed by atoms with Gasteiger partial charge in [0, 0.05) is 37.9 Å². The van der Waals surface area contributed by atoms with Gasteiger partial charge in [-0.3, -0.25) is 4.90 Å². The minimum atomic E-state index is -0.903. The second kappa shape index (κ2) is 7.46. The van der Waals surface area contributed by atoms with Crippen LogP contribution in [0.5, 0.6) is 0 Å². The Hall–Kier alpha value is -1.04. The van der Waals surface area contributed by atoms with Gasteiger partial charge in [0.15, 0.2) is 0 Å². The van der Waals surface area contributed by atoms with Crippen molar-refractivity contribution in [3.63, 3.8) is 0 Å². The molecular weight excluding hydrogens is 299 g/mol. The summed E-state index contributed by atoms with van der Waals surface area (Å²) in [6.45, 7) is 16.2. The smallest absolute Gasteiger partial charge is 0.330 e. The molecule has 0 aliphatic carbocycles. The molecule has 1 aromatic rings. The summed E-state index contributed by atoms with van der Waals surface area (Å²) in [5.41, 5.74) is 0.729. The Kier molecular flexibility index (Phi) is 6.00. The minimum absolute atomic E-state index is 0.625. The van der Waals surface area contributed by atoms with Gasteiger partial charge in [0.05, 0.1) is 11.2 Å². The number of benzene rings is 1. The lowest BCUT2D eigenvalue weighted by Gasteiger charge is -2.38. The monoisotopic (exact) mass is 331 g/mol. The van der Waals surface area contributed by atoms with Crippen LogP contribution in [0.25, 0.3) is 0 Å². The van der Waals surface area contributed by atoms with Gasteiger partial charge in [0.2, 0.25) is 0 Å². The number of aliphatic hydroxyl groups is 1.